The lowest BCUT2D eigenvalue weighted by molar-refractivity contribution is -0.263. The Hall–Kier alpha value is -2.98. The van der Waals surface area contributed by atoms with Crippen molar-refractivity contribution < 1.29 is 18.9 Å². The summed E-state index contributed by atoms with van der Waals surface area (Å²) in [5.41, 5.74) is 0. The molecule has 1 aliphatic heterocycles. The zero-order valence-electron chi connectivity index (χ0n) is 13.6. The van der Waals surface area contributed by atoms with E-state index < -0.39 is 5.97 Å². The molecule has 0 radical (unpaired) electrons. The maximum absolute atomic E-state index is 6.16. The molecule has 1 fully saturated rings. The highest BCUT2D eigenvalue weighted by atomic mass is 16.9. The summed E-state index contributed by atoms with van der Waals surface area (Å²) >= 11 is 0. The molecule has 25 heavy (non-hydrogen) atoms. The fraction of sp³-hybridized carbons (Fsp3) is 0.143. The summed E-state index contributed by atoms with van der Waals surface area (Å²) < 4.78 is 24.0. The Morgan fingerprint density at radius 2 is 0.920 bits per heavy atom. The third-order valence-electron chi connectivity index (χ3n) is 3.74. The summed E-state index contributed by atoms with van der Waals surface area (Å²) in [7, 11) is 0. The maximum Gasteiger partial charge on any atom is 0.447 e. The molecule has 0 bridgehead atoms. The highest BCUT2D eigenvalue weighted by Crippen LogP contribution is 2.35. The molecule has 4 heteroatoms. The average molecular weight is 334 g/mol. The van der Waals surface area contributed by atoms with Gasteiger partial charge < -0.3 is 18.9 Å². The number of benzene rings is 3. The van der Waals surface area contributed by atoms with Gasteiger partial charge in [0.1, 0.15) is 17.2 Å². The first kappa shape index (κ1) is 15.5. The van der Waals surface area contributed by atoms with E-state index >= 15 is 0 Å². The second-order valence-corrected chi connectivity index (χ2v) is 5.67. The largest absolute Gasteiger partial charge is 0.447 e. The number of para-hydroxylation sites is 3. The van der Waals surface area contributed by atoms with Gasteiger partial charge in [0.2, 0.25) is 6.10 Å². The molecule has 1 aliphatic rings. The number of hydrogen-bond acceptors (Lipinski definition) is 4. The minimum atomic E-state index is -1.40. The smallest absolute Gasteiger partial charge is 0.419 e. The lowest BCUT2D eigenvalue weighted by atomic mass is 10.3. The first-order chi connectivity index (χ1) is 12.3. The van der Waals surface area contributed by atoms with Crippen LogP contribution in [-0.2, 0) is 4.74 Å². The Bertz CT molecular complexity index is 684. The van der Waals surface area contributed by atoms with Gasteiger partial charge in [0.15, 0.2) is 0 Å². The van der Waals surface area contributed by atoms with Crippen LogP contribution in [0.4, 0.5) is 0 Å². The van der Waals surface area contributed by atoms with Crippen LogP contribution < -0.4 is 14.2 Å². The van der Waals surface area contributed by atoms with Gasteiger partial charge in [-0.2, -0.15) is 0 Å². The van der Waals surface area contributed by atoms with Crippen molar-refractivity contribution in [2.24, 2.45) is 0 Å². The Kier molecular flexibility index (Phi) is 4.27. The molecule has 1 saturated heterocycles. The number of epoxide rings is 1. The summed E-state index contributed by atoms with van der Waals surface area (Å²) in [6.07, 6.45) is -0.326. The zero-order chi connectivity index (χ0) is 17.0. The van der Waals surface area contributed by atoms with Crippen molar-refractivity contribution in [3.8, 4) is 17.2 Å². The first-order valence-electron chi connectivity index (χ1n) is 8.18. The van der Waals surface area contributed by atoms with E-state index in [9.17, 15) is 0 Å². The summed E-state index contributed by atoms with van der Waals surface area (Å²) in [4.78, 5) is 0. The first-order valence-corrected chi connectivity index (χ1v) is 8.18. The second-order valence-electron chi connectivity index (χ2n) is 5.67. The molecule has 0 aliphatic carbocycles. The Morgan fingerprint density at radius 3 is 1.20 bits per heavy atom. The molecule has 0 saturated carbocycles. The minimum Gasteiger partial charge on any atom is -0.419 e. The Balaban J connectivity index is 1.69. The summed E-state index contributed by atoms with van der Waals surface area (Å²) in [5, 5.41) is 0. The fourth-order valence-electron chi connectivity index (χ4n) is 2.47. The van der Waals surface area contributed by atoms with Crippen molar-refractivity contribution in [2.75, 3.05) is 6.61 Å². The van der Waals surface area contributed by atoms with E-state index in [4.69, 9.17) is 18.9 Å². The third-order valence-corrected chi connectivity index (χ3v) is 3.74. The summed E-state index contributed by atoms with van der Waals surface area (Å²) in [6, 6.07) is 28.4. The SMILES string of the molecule is c1ccc(OC(Oc2ccccc2)(Oc2ccccc2)[C@@H]2CO2)cc1. The van der Waals surface area contributed by atoms with Crippen LogP contribution in [-0.4, -0.2) is 18.7 Å². The quantitative estimate of drug-likeness (QED) is 0.478. The minimum absolute atomic E-state index is 0.326. The van der Waals surface area contributed by atoms with Crippen LogP contribution >= 0.6 is 0 Å². The van der Waals surface area contributed by atoms with Gasteiger partial charge in [-0.25, -0.2) is 0 Å². The van der Waals surface area contributed by atoms with Crippen LogP contribution in [0, 0.1) is 0 Å². The summed E-state index contributed by atoms with van der Waals surface area (Å²) in [5.74, 6) is 0.531. The Labute approximate surface area is 146 Å². The lowest BCUT2D eigenvalue weighted by Crippen LogP contribution is -2.53. The standard InChI is InChI=1S/C21H18O4/c1-4-10-17(11-5-1)23-21(20-16-22-20,24-18-12-6-2-7-13-18)25-19-14-8-3-9-15-19/h1-15,20H,16H2/t20-/m0/s1. The van der Waals surface area contributed by atoms with E-state index in [1.54, 1.807) is 0 Å². The lowest BCUT2D eigenvalue weighted by Gasteiger charge is -2.32. The zero-order valence-corrected chi connectivity index (χ0v) is 13.6. The normalized spacial score (nSPS) is 16.1. The van der Waals surface area contributed by atoms with Crippen LogP contribution in [0.15, 0.2) is 91.0 Å². The predicted octanol–water partition coefficient (Wildman–Crippen LogP) is 4.28. The molecule has 3 aromatic rings. The van der Waals surface area contributed by atoms with Gasteiger partial charge in [-0.3, -0.25) is 0 Å². The van der Waals surface area contributed by atoms with Crippen LogP contribution in [0.5, 0.6) is 17.2 Å². The van der Waals surface area contributed by atoms with Gasteiger partial charge in [0.25, 0.3) is 0 Å². The molecule has 0 N–H and O–H groups in total. The van der Waals surface area contributed by atoms with Crippen molar-refractivity contribution in [3.05, 3.63) is 91.0 Å². The van der Waals surface area contributed by atoms with Crippen molar-refractivity contribution in [1.82, 2.24) is 0 Å². The van der Waals surface area contributed by atoms with Crippen LogP contribution in [0.3, 0.4) is 0 Å². The Morgan fingerprint density at radius 1 is 0.600 bits per heavy atom. The molecule has 3 aromatic carbocycles. The summed E-state index contributed by atoms with van der Waals surface area (Å²) in [6.45, 7) is 0.506. The molecule has 0 aromatic heterocycles. The van der Waals surface area contributed by atoms with Crippen LogP contribution in [0.25, 0.3) is 0 Å². The number of hydrogen-bond donors (Lipinski definition) is 0. The maximum atomic E-state index is 6.16. The molecule has 1 heterocycles. The predicted molar refractivity (Wildman–Crippen MR) is 93.7 cm³/mol. The second kappa shape index (κ2) is 6.87. The average Bonchev–Trinajstić information content (AvgIpc) is 3.50. The molecule has 4 nitrogen and oxygen atoms in total. The van der Waals surface area contributed by atoms with Crippen molar-refractivity contribution in [2.45, 2.75) is 12.1 Å². The van der Waals surface area contributed by atoms with Crippen molar-refractivity contribution >= 4 is 0 Å². The van der Waals surface area contributed by atoms with Gasteiger partial charge >= 0.3 is 5.97 Å². The molecule has 1 atom stereocenters. The van der Waals surface area contributed by atoms with Gasteiger partial charge in [0.05, 0.1) is 6.61 Å². The van der Waals surface area contributed by atoms with Crippen LogP contribution in [0.2, 0.25) is 0 Å². The molecule has 0 unspecified atom stereocenters. The fourth-order valence-corrected chi connectivity index (χ4v) is 2.47. The van der Waals surface area contributed by atoms with E-state index in [-0.39, 0.29) is 6.10 Å². The molecule has 126 valence electrons. The van der Waals surface area contributed by atoms with Gasteiger partial charge in [-0.05, 0) is 36.4 Å². The van der Waals surface area contributed by atoms with Gasteiger partial charge in [0, 0.05) is 0 Å². The van der Waals surface area contributed by atoms with Crippen molar-refractivity contribution in [3.63, 3.8) is 0 Å². The highest BCUT2D eigenvalue weighted by molar-refractivity contribution is 5.27. The van der Waals surface area contributed by atoms with Crippen LogP contribution in [0.1, 0.15) is 0 Å². The van der Waals surface area contributed by atoms with Gasteiger partial charge in [-0.15, -0.1) is 0 Å². The van der Waals surface area contributed by atoms with E-state index in [1.165, 1.54) is 0 Å². The van der Waals surface area contributed by atoms with E-state index in [0.29, 0.717) is 23.9 Å². The molecule has 0 amide bonds. The molecular weight excluding hydrogens is 316 g/mol. The molecule has 0 spiro atoms. The molecule has 4 rings (SSSR count). The van der Waals surface area contributed by atoms with E-state index in [2.05, 4.69) is 0 Å². The number of ether oxygens (including phenoxy) is 4. The highest BCUT2D eigenvalue weighted by Gasteiger charge is 2.56. The monoisotopic (exact) mass is 334 g/mol. The van der Waals surface area contributed by atoms with Gasteiger partial charge in [-0.1, -0.05) is 54.6 Å². The van der Waals surface area contributed by atoms with E-state index in [0.717, 1.165) is 0 Å². The number of rotatable bonds is 7. The topological polar surface area (TPSA) is 40.2 Å². The van der Waals surface area contributed by atoms with Crippen molar-refractivity contribution in [1.29, 1.82) is 0 Å². The third kappa shape index (κ3) is 3.75. The molecular formula is C21H18O4. The van der Waals surface area contributed by atoms with E-state index in [1.807, 2.05) is 91.0 Å².